The van der Waals surface area contributed by atoms with Crippen LogP contribution >= 0.6 is 11.3 Å². The molecule has 0 radical (unpaired) electrons. The van der Waals surface area contributed by atoms with E-state index in [1.54, 1.807) is 23.7 Å². The zero-order valence-corrected chi connectivity index (χ0v) is 15.1. The van der Waals surface area contributed by atoms with Crippen LogP contribution in [0.15, 0.2) is 65.1 Å². The molecule has 0 aliphatic heterocycles. The molecule has 0 aliphatic carbocycles. The summed E-state index contributed by atoms with van der Waals surface area (Å²) in [6.45, 7) is 1.58. The fraction of sp³-hybridized carbons (Fsp3) is 0.111. The summed E-state index contributed by atoms with van der Waals surface area (Å²) in [5, 5.41) is 1.98. The van der Waals surface area contributed by atoms with Crippen LogP contribution in [-0.2, 0) is 16.6 Å². The summed E-state index contributed by atoms with van der Waals surface area (Å²) in [5.41, 5.74) is 2.21. The molecule has 0 bridgehead atoms. The molecule has 25 heavy (non-hydrogen) atoms. The first-order chi connectivity index (χ1) is 12.0. The monoisotopic (exact) mass is 372 g/mol. The van der Waals surface area contributed by atoms with Gasteiger partial charge in [-0.05, 0) is 42.1 Å². The van der Waals surface area contributed by atoms with Gasteiger partial charge in [-0.3, -0.25) is 9.78 Å². The van der Waals surface area contributed by atoms with Crippen LogP contribution in [0.1, 0.15) is 22.8 Å². The highest BCUT2D eigenvalue weighted by atomic mass is 32.2. The number of pyridine rings is 1. The molecular formula is C18H16N2O3S2. The Kier molecular flexibility index (Phi) is 5.08. The van der Waals surface area contributed by atoms with E-state index in [1.165, 1.54) is 31.2 Å². The van der Waals surface area contributed by atoms with E-state index < -0.39 is 10.0 Å². The smallest absolute Gasteiger partial charge is 0.240 e. The summed E-state index contributed by atoms with van der Waals surface area (Å²) in [6, 6.07) is 11.7. The highest BCUT2D eigenvalue weighted by molar-refractivity contribution is 7.89. The van der Waals surface area contributed by atoms with Gasteiger partial charge in [0.1, 0.15) is 0 Å². The number of rotatable bonds is 6. The molecule has 2 aromatic heterocycles. The number of nitrogens with one attached hydrogen (secondary N) is 1. The van der Waals surface area contributed by atoms with E-state index in [0.29, 0.717) is 5.56 Å². The van der Waals surface area contributed by atoms with Gasteiger partial charge in [0.15, 0.2) is 5.78 Å². The molecule has 0 fully saturated rings. The molecule has 0 spiro atoms. The van der Waals surface area contributed by atoms with Crippen molar-refractivity contribution in [3.8, 4) is 10.4 Å². The molecule has 0 atom stereocenters. The van der Waals surface area contributed by atoms with Gasteiger partial charge in [-0.1, -0.05) is 18.2 Å². The second-order valence-electron chi connectivity index (χ2n) is 5.46. The summed E-state index contributed by atoms with van der Waals surface area (Å²) in [5.74, 6) is -0.103. The first kappa shape index (κ1) is 17.5. The Bertz CT molecular complexity index is 979. The topological polar surface area (TPSA) is 76.1 Å². The molecule has 3 aromatic rings. The zero-order chi connectivity index (χ0) is 17.9. The number of ketones is 1. The third kappa shape index (κ3) is 4.19. The standard InChI is InChI=1S/C18H16N2O3S2/c1-13(21)15-4-6-17(7-5-15)25(22,23)20-11-14-9-16(12-19-10-14)18-3-2-8-24-18/h2-10,12,20H,11H2,1H3. The van der Waals surface area contributed by atoms with Crippen LogP contribution in [0.25, 0.3) is 10.4 Å². The number of carbonyl (C=O) groups is 1. The Morgan fingerprint density at radius 2 is 1.92 bits per heavy atom. The maximum absolute atomic E-state index is 12.4. The number of hydrogen-bond acceptors (Lipinski definition) is 5. The van der Waals surface area contributed by atoms with Gasteiger partial charge in [0, 0.05) is 34.9 Å². The molecule has 0 saturated heterocycles. The Labute approximate surface area is 150 Å². The summed E-state index contributed by atoms with van der Waals surface area (Å²) < 4.78 is 27.3. The van der Waals surface area contributed by atoms with Crippen LogP contribution in [0, 0.1) is 0 Å². The van der Waals surface area contributed by atoms with Crippen LogP contribution in [0.3, 0.4) is 0 Å². The second kappa shape index (κ2) is 7.26. The Hall–Kier alpha value is -2.35. The summed E-state index contributed by atoms with van der Waals surface area (Å²) in [7, 11) is -3.65. The molecule has 7 heteroatoms. The fourth-order valence-electron chi connectivity index (χ4n) is 2.29. The SMILES string of the molecule is CC(=O)c1ccc(S(=O)(=O)NCc2cncc(-c3cccs3)c2)cc1. The number of aromatic nitrogens is 1. The molecule has 0 unspecified atom stereocenters. The van der Waals surface area contributed by atoms with E-state index in [2.05, 4.69) is 9.71 Å². The first-order valence-electron chi connectivity index (χ1n) is 7.54. The Morgan fingerprint density at radius 3 is 2.56 bits per heavy atom. The van der Waals surface area contributed by atoms with Gasteiger partial charge in [-0.2, -0.15) is 0 Å². The van der Waals surface area contributed by atoms with Crippen molar-refractivity contribution in [1.29, 1.82) is 0 Å². The van der Waals surface area contributed by atoms with Crippen molar-refractivity contribution >= 4 is 27.1 Å². The normalized spacial score (nSPS) is 11.4. The van der Waals surface area contributed by atoms with E-state index >= 15 is 0 Å². The van der Waals surface area contributed by atoms with Crippen LogP contribution in [0.5, 0.6) is 0 Å². The van der Waals surface area contributed by atoms with Gasteiger partial charge in [0.2, 0.25) is 10.0 Å². The molecule has 1 aromatic carbocycles. The Balaban J connectivity index is 1.74. The van der Waals surface area contributed by atoms with Crippen molar-refractivity contribution in [2.45, 2.75) is 18.4 Å². The van der Waals surface area contributed by atoms with E-state index in [9.17, 15) is 13.2 Å². The summed E-state index contributed by atoms with van der Waals surface area (Å²) >= 11 is 1.60. The number of benzene rings is 1. The van der Waals surface area contributed by atoms with Crippen LogP contribution in [-0.4, -0.2) is 19.2 Å². The third-order valence-electron chi connectivity index (χ3n) is 3.64. The number of thiophene rings is 1. The minimum absolute atomic E-state index is 0.103. The van der Waals surface area contributed by atoms with Crippen molar-refractivity contribution in [2.75, 3.05) is 0 Å². The maximum Gasteiger partial charge on any atom is 0.240 e. The van der Waals surface area contributed by atoms with Crippen molar-refractivity contribution in [2.24, 2.45) is 0 Å². The average molecular weight is 372 g/mol. The molecular weight excluding hydrogens is 356 g/mol. The number of Topliss-reactive ketones (excluding diaryl/α,β-unsaturated/α-hetero) is 1. The van der Waals surface area contributed by atoms with E-state index in [1.807, 2.05) is 23.6 Å². The van der Waals surface area contributed by atoms with Crippen molar-refractivity contribution in [3.63, 3.8) is 0 Å². The fourth-order valence-corrected chi connectivity index (χ4v) is 4.02. The minimum Gasteiger partial charge on any atom is -0.295 e. The van der Waals surface area contributed by atoms with E-state index in [4.69, 9.17) is 0 Å². The highest BCUT2D eigenvalue weighted by Gasteiger charge is 2.14. The average Bonchev–Trinajstić information content (AvgIpc) is 3.15. The van der Waals surface area contributed by atoms with Gasteiger partial charge < -0.3 is 0 Å². The highest BCUT2D eigenvalue weighted by Crippen LogP contribution is 2.24. The summed E-state index contributed by atoms with van der Waals surface area (Å²) in [4.78, 5) is 16.7. The predicted octanol–water partition coefficient (Wildman–Crippen LogP) is 3.49. The first-order valence-corrected chi connectivity index (χ1v) is 9.90. The summed E-state index contributed by atoms with van der Waals surface area (Å²) in [6.07, 6.45) is 3.39. The van der Waals surface area contributed by atoms with Gasteiger partial charge in [0.25, 0.3) is 0 Å². The molecule has 3 rings (SSSR count). The largest absolute Gasteiger partial charge is 0.295 e. The predicted molar refractivity (Wildman–Crippen MR) is 98.0 cm³/mol. The zero-order valence-electron chi connectivity index (χ0n) is 13.5. The molecule has 0 amide bonds. The molecule has 0 aliphatic rings. The van der Waals surface area contributed by atoms with Crippen LogP contribution < -0.4 is 4.72 Å². The number of nitrogens with zero attached hydrogens (tertiary/aromatic N) is 1. The van der Waals surface area contributed by atoms with Crippen molar-refractivity contribution in [3.05, 3.63) is 71.4 Å². The van der Waals surface area contributed by atoms with Crippen LogP contribution in [0.4, 0.5) is 0 Å². The van der Waals surface area contributed by atoms with Gasteiger partial charge in [-0.15, -0.1) is 11.3 Å². The van der Waals surface area contributed by atoms with Gasteiger partial charge in [-0.25, -0.2) is 13.1 Å². The minimum atomic E-state index is -3.65. The third-order valence-corrected chi connectivity index (χ3v) is 5.97. The second-order valence-corrected chi connectivity index (χ2v) is 8.18. The molecule has 2 heterocycles. The van der Waals surface area contributed by atoms with Gasteiger partial charge in [0.05, 0.1) is 4.90 Å². The maximum atomic E-state index is 12.4. The Morgan fingerprint density at radius 1 is 1.16 bits per heavy atom. The lowest BCUT2D eigenvalue weighted by Gasteiger charge is -2.08. The number of sulfonamides is 1. The van der Waals surface area contributed by atoms with Crippen LogP contribution in [0.2, 0.25) is 0 Å². The molecule has 5 nitrogen and oxygen atoms in total. The van der Waals surface area contributed by atoms with E-state index in [0.717, 1.165) is 16.0 Å². The lowest BCUT2D eigenvalue weighted by molar-refractivity contribution is 0.101. The molecule has 1 N–H and O–H groups in total. The quantitative estimate of drug-likeness (QED) is 0.672. The van der Waals surface area contributed by atoms with Gasteiger partial charge >= 0.3 is 0 Å². The lowest BCUT2D eigenvalue weighted by atomic mass is 10.2. The van der Waals surface area contributed by atoms with E-state index in [-0.39, 0.29) is 17.2 Å². The molecule has 0 saturated carbocycles. The molecule has 128 valence electrons. The van der Waals surface area contributed by atoms with Crippen molar-refractivity contribution in [1.82, 2.24) is 9.71 Å². The van der Waals surface area contributed by atoms with Crippen molar-refractivity contribution < 1.29 is 13.2 Å². The number of carbonyl (C=O) groups excluding carboxylic acids is 1. The lowest BCUT2D eigenvalue weighted by Crippen LogP contribution is -2.23. The number of hydrogen-bond donors (Lipinski definition) is 1.